The summed E-state index contributed by atoms with van der Waals surface area (Å²) in [7, 11) is -3.60. The Morgan fingerprint density at radius 3 is 2.65 bits per heavy atom. The van der Waals surface area contributed by atoms with Crippen molar-refractivity contribution in [3.63, 3.8) is 0 Å². The fourth-order valence-electron chi connectivity index (χ4n) is 1.23. The van der Waals surface area contributed by atoms with Crippen LogP contribution in [0.3, 0.4) is 0 Å². The van der Waals surface area contributed by atoms with Gasteiger partial charge in [-0.3, -0.25) is 0 Å². The summed E-state index contributed by atoms with van der Waals surface area (Å²) in [6.07, 6.45) is 2.97. The molecule has 98 valence electrons. The molecule has 0 spiro atoms. The van der Waals surface area contributed by atoms with E-state index in [2.05, 4.69) is 9.71 Å². The second-order valence-corrected chi connectivity index (χ2v) is 5.77. The Morgan fingerprint density at radius 2 is 2.18 bits per heavy atom. The van der Waals surface area contributed by atoms with Crippen molar-refractivity contribution in [2.24, 2.45) is 5.92 Å². The van der Waals surface area contributed by atoms with Gasteiger partial charge in [0.1, 0.15) is 0 Å². The molecule has 1 aromatic rings. The molecule has 17 heavy (non-hydrogen) atoms. The van der Waals surface area contributed by atoms with Crippen LogP contribution in [0.2, 0.25) is 0 Å². The quantitative estimate of drug-likeness (QED) is 0.766. The molecule has 1 rings (SSSR count). The number of imidazole rings is 1. The third-order valence-corrected chi connectivity index (χ3v) is 4.18. The van der Waals surface area contributed by atoms with Crippen LogP contribution < -0.4 is 4.72 Å². The van der Waals surface area contributed by atoms with E-state index in [1.807, 2.05) is 6.92 Å². The summed E-state index contributed by atoms with van der Waals surface area (Å²) in [5, 5.41) is 8.97. The summed E-state index contributed by atoms with van der Waals surface area (Å²) >= 11 is 0. The van der Waals surface area contributed by atoms with Gasteiger partial charge >= 0.3 is 0 Å². The number of rotatable bonds is 6. The minimum Gasteiger partial charge on any atom is -0.396 e. The van der Waals surface area contributed by atoms with E-state index in [9.17, 15) is 8.42 Å². The second-order valence-electron chi connectivity index (χ2n) is 4.11. The summed E-state index contributed by atoms with van der Waals surface area (Å²) < 4.78 is 28.0. The zero-order valence-electron chi connectivity index (χ0n) is 10.3. The summed E-state index contributed by atoms with van der Waals surface area (Å²) in [5.41, 5.74) is 0. The molecule has 0 amide bonds. The van der Waals surface area contributed by atoms with Crippen LogP contribution in [-0.2, 0) is 16.6 Å². The number of hydrogen-bond acceptors (Lipinski definition) is 4. The minimum atomic E-state index is -3.60. The molecule has 1 heterocycles. The Morgan fingerprint density at radius 1 is 1.53 bits per heavy atom. The Balaban J connectivity index is 2.81. The van der Waals surface area contributed by atoms with Crippen LogP contribution in [0.1, 0.15) is 20.8 Å². The van der Waals surface area contributed by atoms with Crippen LogP contribution >= 0.6 is 0 Å². The molecule has 0 aliphatic heterocycles. The van der Waals surface area contributed by atoms with Crippen LogP contribution in [-0.4, -0.2) is 35.7 Å². The number of sulfonamides is 1. The largest absolute Gasteiger partial charge is 0.396 e. The maximum absolute atomic E-state index is 11.9. The third kappa shape index (κ3) is 3.52. The standard InChI is InChI=1S/C10H19N3O3S/c1-4-13-5-10(11-7-13)17(15,16)12-9(3)8(2)6-14/h5,7-9,12,14H,4,6H2,1-3H3. The van der Waals surface area contributed by atoms with Crippen molar-refractivity contribution in [2.75, 3.05) is 6.61 Å². The first-order valence-corrected chi connectivity index (χ1v) is 7.04. The van der Waals surface area contributed by atoms with Crippen molar-refractivity contribution in [3.05, 3.63) is 12.5 Å². The highest BCUT2D eigenvalue weighted by atomic mass is 32.2. The van der Waals surface area contributed by atoms with Gasteiger partial charge in [0, 0.05) is 25.4 Å². The number of hydrogen-bond donors (Lipinski definition) is 2. The fraction of sp³-hybridized carbons (Fsp3) is 0.700. The molecule has 0 fully saturated rings. The van der Waals surface area contributed by atoms with Gasteiger partial charge in [-0.1, -0.05) is 6.92 Å². The molecule has 0 saturated heterocycles. The van der Waals surface area contributed by atoms with Crippen molar-refractivity contribution in [2.45, 2.75) is 38.4 Å². The van der Waals surface area contributed by atoms with E-state index < -0.39 is 10.0 Å². The molecule has 0 aliphatic rings. The zero-order chi connectivity index (χ0) is 13.1. The van der Waals surface area contributed by atoms with E-state index in [4.69, 9.17) is 5.11 Å². The number of aliphatic hydroxyl groups is 1. The minimum absolute atomic E-state index is 0.0105. The first-order valence-electron chi connectivity index (χ1n) is 5.55. The highest BCUT2D eigenvalue weighted by Crippen LogP contribution is 2.09. The highest BCUT2D eigenvalue weighted by molar-refractivity contribution is 7.89. The molecule has 0 radical (unpaired) electrons. The average Bonchev–Trinajstić information content (AvgIpc) is 2.76. The summed E-state index contributed by atoms with van der Waals surface area (Å²) in [6.45, 7) is 6.01. The first kappa shape index (κ1) is 14.1. The number of nitrogens with one attached hydrogen (secondary N) is 1. The first-order chi connectivity index (χ1) is 7.90. The van der Waals surface area contributed by atoms with Gasteiger partial charge in [-0.15, -0.1) is 0 Å². The van der Waals surface area contributed by atoms with Crippen LogP contribution in [0, 0.1) is 5.92 Å². The lowest BCUT2D eigenvalue weighted by Crippen LogP contribution is -2.38. The maximum Gasteiger partial charge on any atom is 0.259 e. The highest BCUT2D eigenvalue weighted by Gasteiger charge is 2.22. The molecule has 0 saturated carbocycles. The maximum atomic E-state index is 11.9. The Kier molecular flexibility index (Phi) is 4.67. The molecule has 2 unspecified atom stereocenters. The Labute approximate surface area is 102 Å². The molecule has 0 aliphatic carbocycles. The molecular weight excluding hydrogens is 242 g/mol. The molecule has 0 aromatic carbocycles. The van der Waals surface area contributed by atoms with E-state index in [-0.39, 0.29) is 23.6 Å². The van der Waals surface area contributed by atoms with E-state index >= 15 is 0 Å². The van der Waals surface area contributed by atoms with Gasteiger partial charge in [0.2, 0.25) is 0 Å². The van der Waals surface area contributed by atoms with Gasteiger partial charge in [0.15, 0.2) is 5.03 Å². The predicted molar refractivity (Wildman–Crippen MR) is 63.9 cm³/mol. The summed E-state index contributed by atoms with van der Waals surface area (Å²) in [4.78, 5) is 3.85. The smallest absolute Gasteiger partial charge is 0.259 e. The Hall–Kier alpha value is -0.920. The van der Waals surface area contributed by atoms with Crippen LogP contribution in [0.25, 0.3) is 0 Å². The molecule has 6 nitrogen and oxygen atoms in total. The van der Waals surface area contributed by atoms with Gasteiger partial charge in [0.05, 0.1) is 6.33 Å². The number of nitrogens with zero attached hydrogens (tertiary/aromatic N) is 2. The van der Waals surface area contributed by atoms with Crippen LogP contribution in [0.4, 0.5) is 0 Å². The SMILES string of the molecule is CCn1cnc(S(=O)(=O)NC(C)C(C)CO)c1. The number of aromatic nitrogens is 2. The van der Waals surface area contributed by atoms with Crippen LogP contribution in [0.5, 0.6) is 0 Å². The molecule has 1 aromatic heterocycles. The van der Waals surface area contributed by atoms with E-state index in [1.165, 1.54) is 12.5 Å². The van der Waals surface area contributed by atoms with Crippen molar-refractivity contribution in [3.8, 4) is 0 Å². The lowest BCUT2D eigenvalue weighted by Gasteiger charge is -2.18. The lowest BCUT2D eigenvalue weighted by atomic mass is 10.1. The summed E-state index contributed by atoms with van der Waals surface area (Å²) in [6, 6.07) is -0.336. The van der Waals surface area contributed by atoms with E-state index in [1.54, 1.807) is 18.4 Å². The normalized spacial score (nSPS) is 15.8. The van der Waals surface area contributed by atoms with Gasteiger partial charge < -0.3 is 9.67 Å². The lowest BCUT2D eigenvalue weighted by molar-refractivity contribution is 0.216. The topological polar surface area (TPSA) is 84.2 Å². The second kappa shape index (κ2) is 5.61. The number of aryl methyl sites for hydroxylation is 1. The van der Waals surface area contributed by atoms with Gasteiger partial charge in [-0.2, -0.15) is 0 Å². The van der Waals surface area contributed by atoms with Gasteiger partial charge in [-0.25, -0.2) is 18.1 Å². The predicted octanol–water partition coefficient (Wildman–Crippen LogP) is 0.198. The van der Waals surface area contributed by atoms with E-state index in [0.29, 0.717) is 6.54 Å². The van der Waals surface area contributed by atoms with Crippen molar-refractivity contribution >= 4 is 10.0 Å². The van der Waals surface area contributed by atoms with E-state index in [0.717, 1.165) is 0 Å². The van der Waals surface area contributed by atoms with Crippen LogP contribution in [0.15, 0.2) is 17.6 Å². The third-order valence-electron chi connectivity index (χ3n) is 2.73. The average molecular weight is 261 g/mol. The van der Waals surface area contributed by atoms with Crippen molar-refractivity contribution in [1.29, 1.82) is 0 Å². The van der Waals surface area contributed by atoms with Gasteiger partial charge in [-0.05, 0) is 19.8 Å². The molecular formula is C10H19N3O3S. The summed E-state index contributed by atoms with van der Waals surface area (Å²) in [5.74, 6) is -0.141. The molecule has 2 atom stereocenters. The number of aliphatic hydroxyl groups excluding tert-OH is 1. The van der Waals surface area contributed by atoms with Crippen molar-refractivity contribution < 1.29 is 13.5 Å². The molecule has 0 bridgehead atoms. The molecule has 7 heteroatoms. The molecule has 2 N–H and O–H groups in total. The Bertz CT molecular complexity index is 455. The zero-order valence-corrected chi connectivity index (χ0v) is 11.1. The monoisotopic (exact) mass is 261 g/mol. The van der Waals surface area contributed by atoms with Crippen molar-refractivity contribution in [1.82, 2.24) is 14.3 Å². The fourth-order valence-corrected chi connectivity index (χ4v) is 2.53. The van der Waals surface area contributed by atoms with Gasteiger partial charge in [0.25, 0.3) is 10.0 Å².